The Labute approximate surface area is 86.0 Å². The molecule has 1 aromatic heterocycles. The maximum Gasteiger partial charge on any atom is 0.230 e. The zero-order valence-electron chi connectivity index (χ0n) is 7.88. The average Bonchev–Trinajstić information content (AvgIpc) is 2.42. The van der Waals surface area contributed by atoms with Crippen LogP contribution in [0.1, 0.15) is 10.6 Å². The third kappa shape index (κ3) is 3.00. The highest BCUT2D eigenvalue weighted by atomic mass is 32.2. The fourth-order valence-electron chi connectivity index (χ4n) is 0.704. The van der Waals surface area contributed by atoms with Gasteiger partial charge in [0.2, 0.25) is 5.91 Å². The van der Waals surface area contributed by atoms with Crippen molar-refractivity contribution in [1.29, 1.82) is 0 Å². The first kappa shape index (κ1) is 10.5. The second-order valence-corrected chi connectivity index (χ2v) is 5.01. The van der Waals surface area contributed by atoms with Gasteiger partial charge >= 0.3 is 0 Å². The summed E-state index contributed by atoms with van der Waals surface area (Å²) in [7, 11) is 1.64. The number of hydrogen-bond acceptors (Lipinski definition) is 4. The predicted molar refractivity (Wildman–Crippen MR) is 56.4 cm³/mol. The van der Waals surface area contributed by atoms with Crippen LogP contribution in [0, 0.1) is 13.8 Å². The molecule has 0 fully saturated rings. The van der Waals surface area contributed by atoms with E-state index in [1.54, 1.807) is 18.4 Å². The first-order chi connectivity index (χ1) is 6.13. The zero-order valence-corrected chi connectivity index (χ0v) is 9.51. The van der Waals surface area contributed by atoms with Crippen molar-refractivity contribution in [3.05, 3.63) is 10.6 Å². The van der Waals surface area contributed by atoms with E-state index in [-0.39, 0.29) is 5.91 Å². The van der Waals surface area contributed by atoms with Crippen LogP contribution >= 0.6 is 23.1 Å². The molecule has 72 valence electrons. The highest BCUT2D eigenvalue weighted by molar-refractivity contribution is 8.01. The summed E-state index contributed by atoms with van der Waals surface area (Å²) in [4.78, 5) is 16.5. The highest BCUT2D eigenvalue weighted by Crippen LogP contribution is 2.25. The number of hydrogen-bond donors (Lipinski definition) is 1. The van der Waals surface area contributed by atoms with Gasteiger partial charge in [-0.1, -0.05) is 11.8 Å². The van der Waals surface area contributed by atoms with Crippen molar-refractivity contribution in [3.8, 4) is 0 Å². The lowest BCUT2D eigenvalue weighted by molar-refractivity contribution is -0.118. The molecule has 3 nitrogen and oxygen atoms in total. The van der Waals surface area contributed by atoms with E-state index < -0.39 is 0 Å². The molecule has 0 aliphatic rings. The molecule has 13 heavy (non-hydrogen) atoms. The molecule has 0 saturated heterocycles. The molecule has 0 aliphatic carbocycles. The lowest BCUT2D eigenvalue weighted by Crippen LogP contribution is -2.19. The van der Waals surface area contributed by atoms with Gasteiger partial charge in [-0.3, -0.25) is 4.79 Å². The number of rotatable bonds is 3. The van der Waals surface area contributed by atoms with E-state index in [1.807, 2.05) is 13.8 Å². The maximum atomic E-state index is 10.9. The quantitative estimate of drug-likeness (QED) is 0.780. The molecule has 0 bridgehead atoms. The van der Waals surface area contributed by atoms with Gasteiger partial charge in [-0.05, 0) is 13.8 Å². The monoisotopic (exact) mass is 216 g/mol. The standard InChI is InChI=1S/C8H12N2OS2/c1-5-6(2)13-8(10-5)12-4-7(11)9-3/h4H2,1-3H3,(H,9,11). The molecule has 1 heterocycles. The first-order valence-corrected chi connectivity index (χ1v) is 5.71. The molecule has 1 aromatic rings. The van der Waals surface area contributed by atoms with E-state index in [0.29, 0.717) is 5.75 Å². The summed E-state index contributed by atoms with van der Waals surface area (Å²) in [6, 6.07) is 0. The molecule has 0 aromatic carbocycles. The van der Waals surface area contributed by atoms with Crippen LogP contribution in [0.5, 0.6) is 0 Å². The first-order valence-electron chi connectivity index (χ1n) is 3.91. The van der Waals surface area contributed by atoms with E-state index in [1.165, 1.54) is 16.6 Å². The van der Waals surface area contributed by atoms with E-state index in [9.17, 15) is 4.79 Å². The Morgan fingerprint density at radius 3 is 2.77 bits per heavy atom. The molecule has 0 saturated carbocycles. The lowest BCUT2D eigenvalue weighted by atomic mass is 10.4. The van der Waals surface area contributed by atoms with E-state index in [2.05, 4.69) is 10.3 Å². The highest BCUT2D eigenvalue weighted by Gasteiger charge is 2.05. The van der Waals surface area contributed by atoms with Gasteiger partial charge in [0.05, 0.1) is 11.4 Å². The molecular weight excluding hydrogens is 204 g/mol. The van der Waals surface area contributed by atoms with Gasteiger partial charge in [0.25, 0.3) is 0 Å². The molecule has 5 heteroatoms. The van der Waals surface area contributed by atoms with Crippen molar-refractivity contribution in [3.63, 3.8) is 0 Å². The van der Waals surface area contributed by atoms with Gasteiger partial charge in [-0.25, -0.2) is 4.98 Å². The van der Waals surface area contributed by atoms with Crippen molar-refractivity contribution in [2.24, 2.45) is 0 Å². The fraction of sp³-hybridized carbons (Fsp3) is 0.500. The molecule has 0 spiro atoms. The number of thioether (sulfide) groups is 1. The second kappa shape index (κ2) is 4.62. The normalized spacial score (nSPS) is 10.1. The van der Waals surface area contributed by atoms with Crippen molar-refractivity contribution in [1.82, 2.24) is 10.3 Å². The summed E-state index contributed by atoms with van der Waals surface area (Å²) in [6.07, 6.45) is 0. The Bertz CT molecular complexity index is 290. The smallest absolute Gasteiger partial charge is 0.230 e. The third-order valence-electron chi connectivity index (χ3n) is 1.61. The van der Waals surface area contributed by atoms with Crippen molar-refractivity contribution in [2.45, 2.75) is 18.2 Å². The van der Waals surface area contributed by atoms with Crippen LogP contribution < -0.4 is 5.32 Å². The Balaban J connectivity index is 2.50. The maximum absolute atomic E-state index is 10.9. The van der Waals surface area contributed by atoms with Crippen LogP contribution in [0.15, 0.2) is 4.34 Å². The summed E-state index contributed by atoms with van der Waals surface area (Å²) >= 11 is 3.12. The van der Waals surface area contributed by atoms with E-state index >= 15 is 0 Å². The molecule has 0 atom stereocenters. The SMILES string of the molecule is CNC(=O)CSc1nc(C)c(C)s1. The Kier molecular flexibility index (Phi) is 3.74. The largest absolute Gasteiger partial charge is 0.358 e. The predicted octanol–water partition coefficient (Wildman–Crippen LogP) is 1.60. The van der Waals surface area contributed by atoms with Crippen molar-refractivity contribution in [2.75, 3.05) is 12.8 Å². The van der Waals surface area contributed by atoms with E-state index in [0.717, 1.165) is 10.0 Å². The topological polar surface area (TPSA) is 42.0 Å². The molecule has 1 N–H and O–H groups in total. The van der Waals surface area contributed by atoms with Gasteiger partial charge in [-0.15, -0.1) is 11.3 Å². The van der Waals surface area contributed by atoms with Gasteiger partial charge in [0.15, 0.2) is 4.34 Å². The van der Waals surface area contributed by atoms with Gasteiger partial charge in [0, 0.05) is 11.9 Å². The Morgan fingerprint density at radius 1 is 1.62 bits per heavy atom. The molecule has 0 unspecified atom stereocenters. The zero-order chi connectivity index (χ0) is 9.84. The number of aryl methyl sites for hydroxylation is 2. The summed E-state index contributed by atoms with van der Waals surface area (Å²) in [5.74, 6) is 0.485. The summed E-state index contributed by atoms with van der Waals surface area (Å²) < 4.78 is 0.971. The van der Waals surface area contributed by atoms with Gasteiger partial charge in [-0.2, -0.15) is 0 Å². The van der Waals surface area contributed by atoms with Crippen molar-refractivity contribution < 1.29 is 4.79 Å². The van der Waals surface area contributed by atoms with Crippen LogP contribution in [0.2, 0.25) is 0 Å². The average molecular weight is 216 g/mol. The van der Waals surface area contributed by atoms with Crippen molar-refractivity contribution >= 4 is 29.0 Å². The lowest BCUT2D eigenvalue weighted by Gasteiger charge is -1.95. The minimum atomic E-state index is 0.0375. The fourth-order valence-corrected chi connectivity index (χ4v) is 2.73. The number of nitrogens with one attached hydrogen (secondary N) is 1. The number of thiazole rings is 1. The molecule has 1 amide bonds. The molecular formula is C8H12N2OS2. The molecule has 0 radical (unpaired) electrons. The van der Waals surface area contributed by atoms with Crippen LogP contribution in [-0.2, 0) is 4.79 Å². The number of nitrogens with zero attached hydrogens (tertiary/aromatic N) is 1. The van der Waals surface area contributed by atoms with Crippen LogP contribution in [0.4, 0.5) is 0 Å². The van der Waals surface area contributed by atoms with Crippen LogP contribution in [-0.4, -0.2) is 23.7 Å². The van der Waals surface area contributed by atoms with E-state index in [4.69, 9.17) is 0 Å². The summed E-state index contributed by atoms with van der Waals surface area (Å²) in [5, 5.41) is 2.57. The number of carbonyl (C=O) groups excluding carboxylic acids is 1. The minimum Gasteiger partial charge on any atom is -0.358 e. The summed E-state index contributed by atoms with van der Waals surface area (Å²) in [6.45, 7) is 4.02. The number of aromatic nitrogens is 1. The number of amides is 1. The van der Waals surface area contributed by atoms with Gasteiger partial charge < -0.3 is 5.32 Å². The van der Waals surface area contributed by atoms with Gasteiger partial charge in [0.1, 0.15) is 0 Å². The third-order valence-corrected chi connectivity index (χ3v) is 3.83. The second-order valence-electron chi connectivity index (χ2n) is 2.58. The van der Waals surface area contributed by atoms with Crippen LogP contribution in [0.3, 0.4) is 0 Å². The number of carbonyl (C=O) groups is 1. The Hall–Kier alpha value is -0.550. The Morgan fingerprint density at radius 2 is 2.31 bits per heavy atom. The molecule has 0 aliphatic heterocycles. The summed E-state index contributed by atoms with van der Waals surface area (Å²) in [5.41, 5.74) is 1.06. The minimum absolute atomic E-state index is 0.0375. The molecule has 1 rings (SSSR count). The van der Waals surface area contributed by atoms with Crippen LogP contribution in [0.25, 0.3) is 0 Å².